The summed E-state index contributed by atoms with van der Waals surface area (Å²) in [5.74, 6) is -0.873. The lowest BCUT2D eigenvalue weighted by atomic mass is 10.0. The second-order valence-electron chi connectivity index (χ2n) is 7.91. The minimum absolute atomic E-state index is 0.0237. The van der Waals surface area contributed by atoms with E-state index in [0.29, 0.717) is 5.56 Å². The molecule has 172 valence electrons. The summed E-state index contributed by atoms with van der Waals surface area (Å²) in [7, 11) is 0. The molecule has 3 aromatic rings. The second kappa shape index (κ2) is 12.4. The van der Waals surface area contributed by atoms with E-state index in [2.05, 4.69) is 6.92 Å². The van der Waals surface area contributed by atoms with E-state index in [1.165, 1.54) is 44.2 Å². The normalized spacial score (nSPS) is 10.6. The van der Waals surface area contributed by atoms with Gasteiger partial charge in [0.25, 0.3) is 0 Å². The van der Waals surface area contributed by atoms with Gasteiger partial charge in [-0.05, 0) is 53.9 Å². The lowest BCUT2D eigenvalue weighted by molar-refractivity contribution is 0.0681. The highest BCUT2D eigenvalue weighted by atomic mass is 16.5. The summed E-state index contributed by atoms with van der Waals surface area (Å²) < 4.78 is 11.1. The van der Waals surface area contributed by atoms with Crippen molar-refractivity contribution in [1.82, 2.24) is 0 Å². The first-order valence-corrected chi connectivity index (χ1v) is 11.5. The van der Waals surface area contributed by atoms with E-state index in [1.807, 2.05) is 36.4 Å². The summed E-state index contributed by atoms with van der Waals surface area (Å²) in [4.78, 5) is 23.7. The molecular formula is C28H30O5. The summed E-state index contributed by atoms with van der Waals surface area (Å²) in [6.07, 6.45) is 7.41. The number of rotatable bonds is 12. The summed E-state index contributed by atoms with van der Waals surface area (Å²) >= 11 is 0. The summed E-state index contributed by atoms with van der Waals surface area (Å²) in [5.41, 5.74) is 2.26. The third-order valence-electron chi connectivity index (χ3n) is 5.39. The van der Waals surface area contributed by atoms with Crippen molar-refractivity contribution < 1.29 is 24.2 Å². The lowest BCUT2D eigenvalue weighted by Crippen LogP contribution is -2.11. The van der Waals surface area contributed by atoms with Crippen LogP contribution >= 0.6 is 0 Å². The predicted molar refractivity (Wildman–Crippen MR) is 129 cm³/mol. The monoisotopic (exact) mass is 446 g/mol. The molecule has 0 saturated heterocycles. The minimum Gasteiger partial charge on any atom is -0.494 e. The number of aromatic carboxylic acids is 1. The Morgan fingerprint density at radius 3 is 2.03 bits per heavy atom. The number of para-hydroxylation sites is 1. The molecule has 0 spiro atoms. The van der Waals surface area contributed by atoms with Crippen LogP contribution in [0.25, 0.3) is 11.1 Å². The molecule has 0 amide bonds. The largest absolute Gasteiger partial charge is 0.494 e. The van der Waals surface area contributed by atoms with Crippen molar-refractivity contribution in [1.29, 1.82) is 0 Å². The lowest BCUT2D eigenvalue weighted by Gasteiger charge is -2.09. The number of hydrogen-bond acceptors (Lipinski definition) is 4. The van der Waals surface area contributed by atoms with E-state index >= 15 is 0 Å². The number of carbonyl (C=O) groups excluding carboxylic acids is 1. The highest BCUT2D eigenvalue weighted by Crippen LogP contribution is 2.24. The quantitative estimate of drug-likeness (QED) is 0.184. The maximum absolute atomic E-state index is 12.4. The molecule has 0 fully saturated rings. The molecule has 5 heteroatoms. The number of hydrogen-bond donors (Lipinski definition) is 1. The van der Waals surface area contributed by atoms with Crippen LogP contribution in [-0.2, 0) is 0 Å². The van der Waals surface area contributed by atoms with Gasteiger partial charge in [-0.15, -0.1) is 0 Å². The Morgan fingerprint density at radius 1 is 0.758 bits per heavy atom. The Bertz CT molecular complexity index is 1040. The topological polar surface area (TPSA) is 72.8 Å². The third kappa shape index (κ3) is 7.21. The van der Waals surface area contributed by atoms with Crippen LogP contribution < -0.4 is 9.47 Å². The van der Waals surface area contributed by atoms with Gasteiger partial charge in [-0.25, -0.2) is 9.59 Å². The number of unbranched alkanes of at least 4 members (excludes halogenated alkanes) is 5. The molecule has 0 radical (unpaired) electrons. The molecule has 0 aromatic heterocycles. The van der Waals surface area contributed by atoms with Gasteiger partial charge in [-0.3, -0.25) is 0 Å². The smallest absolute Gasteiger partial charge is 0.343 e. The van der Waals surface area contributed by atoms with E-state index in [4.69, 9.17) is 9.47 Å². The van der Waals surface area contributed by atoms with Gasteiger partial charge in [0.1, 0.15) is 17.1 Å². The van der Waals surface area contributed by atoms with Crippen LogP contribution in [0.2, 0.25) is 0 Å². The van der Waals surface area contributed by atoms with Gasteiger partial charge in [-0.2, -0.15) is 0 Å². The molecule has 0 saturated carbocycles. The molecule has 0 aliphatic carbocycles. The van der Waals surface area contributed by atoms with E-state index in [1.54, 1.807) is 24.3 Å². The SMILES string of the molecule is CCCCCCCCOc1ccc(-c2ccc(C(=O)Oc3ccccc3C(=O)O)cc2)cc1. The molecule has 3 rings (SSSR count). The average molecular weight is 447 g/mol. The number of carboxylic acid groups (broad SMARTS) is 1. The third-order valence-corrected chi connectivity index (χ3v) is 5.39. The molecule has 0 atom stereocenters. The molecule has 0 aliphatic rings. The number of carbonyl (C=O) groups is 2. The predicted octanol–water partition coefficient (Wildman–Crippen LogP) is 7.01. The fourth-order valence-electron chi connectivity index (χ4n) is 3.51. The van der Waals surface area contributed by atoms with Gasteiger partial charge in [0.2, 0.25) is 0 Å². The number of benzene rings is 3. The van der Waals surface area contributed by atoms with E-state index in [0.717, 1.165) is 29.9 Å². The maximum Gasteiger partial charge on any atom is 0.343 e. The Labute approximate surface area is 195 Å². The van der Waals surface area contributed by atoms with Crippen LogP contribution in [0, 0.1) is 0 Å². The zero-order chi connectivity index (χ0) is 23.5. The second-order valence-corrected chi connectivity index (χ2v) is 7.91. The van der Waals surface area contributed by atoms with Gasteiger partial charge < -0.3 is 14.6 Å². The first kappa shape index (κ1) is 24.1. The fourth-order valence-corrected chi connectivity index (χ4v) is 3.51. The van der Waals surface area contributed by atoms with Crippen molar-refractivity contribution in [2.24, 2.45) is 0 Å². The van der Waals surface area contributed by atoms with Crippen molar-refractivity contribution >= 4 is 11.9 Å². The van der Waals surface area contributed by atoms with Crippen LogP contribution in [0.3, 0.4) is 0 Å². The number of ether oxygens (including phenoxy) is 2. The molecule has 0 aliphatic heterocycles. The standard InChI is InChI=1S/C28H30O5/c1-2-3-4-5-6-9-20-32-24-18-16-22(17-19-24)21-12-14-23(15-13-21)28(31)33-26-11-8-7-10-25(26)27(29)30/h7-8,10-19H,2-6,9,20H2,1H3,(H,29,30). The number of esters is 1. The minimum atomic E-state index is -1.15. The van der Waals surface area contributed by atoms with Crippen molar-refractivity contribution in [2.45, 2.75) is 45.4 Å². The number of carboxylic acids is 1. The van der Waals surface area contributed by atoms with E-state index in [9.17, 15) is 14.7 Å². The highest BCUT2D eigenvalue weighted by molar-refractivity contribution is 5.95. The van der Waals surface area contributed by atoms with E-state index < -0.39 is 11.9 Å². The molecule has 5 nitrogen and oxygen atoms in total. The molecule has 1 N–H and O–H groups in total. The summed E-state index contributed by atoms with van der Waals surface area (Å²) in [6.45, 7) is 2.95. The van der Waals surface area contributed by atoms with Gasteiger partial charge in [0.15, 0.2) is 0 Å². The van der Waals surface area contributed by atoms with Gasteiger partial charge in [-0.1, -0.05) is 75.4 Å². The molecule has 33 heavy (non-hydrogen) atoms. The first-order chi connectivity index (χ1) is 16.1. The fraction of sp³-hybridized carbons (Fsp3) is 0.286. The summed E-state index contributed by atoms with van der Waals surface area (Å²) in [6, 6.07) is 21.0. The van der Waals surface area contributed by atoms with Crippen molar-refractivity contribution in [3.05, 3.63) is 83.9 Å². The Morgan fingerprint density at radius 2 is 1.36 bits per heavy atom. The average Bonchev–Trinajstić information content (AvgIpc) is 2.84. The van der Waals surface area contributed by atoms with E-state index in [-0.39, 0.29) is 11.3 Å². The van der Waals surface area contributed by atoms with Crippen molar-refractivity contribution in [3.8, 4) is 22.6 Å². The van der Waals surface area contributed by atoms with Gasteiger partial charge in [0.05, 0.1) is 12.2 Å². The van der Waals surface area contributed by atoms with Crippen molar-refractivity contribution in [3.63, 3.8) is 0 Å². The first-order valence-electron chi connectivity index (χ1n) is 11.5. The van der Waals surface area contributed by atoms with Crippen LogP contribution in [0.15, 0.2) is 72.8 Å². The molecule has 0 heterocycles. The van der Waals surface area contributed by atoms with Crippen LogP contribution in [-0.4, -0.2) is 23.7 Å². The highest BCUT2D eigenvalue weighted by Gasteiger charge is 2.15. The van der Waals surface area contributed by atoms with Gasteiger partial charge in [0, 0.05) is 0 Å². The Hall–Kier alpha value is -3.60. The molecule has 0 unspecified atom stereocenters. The Kier molecular flexibility index (Phi) is 9.07. The molecule has 3 aromatic carbocycles. The maximum atomic E-state index is 12.4. The van der Waals surface area contributed by atoms with Crippen molar-refractivity contribution in [2.75, 3.05) is 6.61 Å². The van der Waals surface area contributed by atoms with Gasteiger partial charge >= 0.3 is 11.9 Å². The molecular weight excluding hydrogens is 416 g/mol. The summed E-state index contributed by atoms with van der Waals surface area (Å²) in [5, 5.41) is 9.23. The Balaban J connectivity index is 1.53. The zero-order valence-electron chi connectivity index (χ0n) is 19.0. The zero-order valence-corrected chi connectivity index (χ0v) is 19.0. The van der Waals surface area contributed by atoms with Crippen LogP contribution in [0.5, 0.6) is 11.5 Å². The van der Waals surface area contributed by atoms with Crippen LogP contribution in [0.1, 0.15) is 66.2 Å². The van der Waals surface area contributed by atoms with Crippen LogP contribution in [0.4, 0.5) is 0 Å². The molecule has 0 bridgehead atoms.